The Morgan fingerprint density at radius 1 is 1.09 bits per heavy atom. The number of para-hydroxylation sites is 2. The highest BCUT2D eigenvalue weighted by Gasteiger charge is 2.07. The van der Waals surface area contributed by atoms with Gasteiger partial charge in [0.2, 0.25) is 0 Å². The summed E-state index contributed by atoms with van der Waals surface area (Å²) in [5.41, 5.74) is 1.39. The maximum absolute atomic E-state index is 11.7. The Kier molecular flexibility index (Phi) is 4.57. The molecular weight excluding hydrogens is 292 g/mol. The molecule has 1 heterocycles. The second kappa shape index (κ2) is 6.96. The van der Waals surface area contributed by atoms with Gasteiger partial charge in [-0.25, -0.2) is 4.79 Å². The molecule has 1 aromatic heterocycles. The van der Waals surface area contributed by atoms with Crippen LogP contribution in [0.25, 0.3) is 21.9 Å². The van der Waals surface area contributed by atoms with Crippen LogP contribution in [0.3, 0.4) is 0 Å². The van der Waals surface area contributed by atoms with Crippen LogP contribution in [0.4, 0.5) is 4.79 Å². The van der Waals surface area contributed by atoms with Crippen molar-refractivity contribution in [2.45, 2.75) is 19.8 Å². The van der Waals surface area contributed by atoms with E-state index in [2.05, 4.69) is 17.4 Å². The first-order chi connectivity index (χ1) is 11.3. The third-order valence-corrected chi connectivity index (χ3v) is 3.52. The summed E-state index contributed by atoms with van der Waals surface area (Å²) in [5.74, 6) is 0. The van der Waals surface area contributed by atoms with Crippen LogP contribution in [0.1, 0.15) is 19.8 Å². The van der Waals surface area contributed by atoms with Gasteiger partial charge in [0.15, 0.2) is 0 Å². The first-order valence-corrected chi connectivity index (χ1v) is 7.69. The molecule has 2 aromatic carbocycles. The number of amides is 1. The molecular formula is C18H18N2O3. The zero-order valence-electron chi connectivity index (χ0n) is 12.9. The molecule has 0 aliphatic rings. The molecule has 0 aliphatic carbocycles. The minimum absolute atomic E-state index is 0.549. The van der Waals surface area contributed by atoms with Gasteiger partial charge in [-0.3, -0.25) is 4.84 Å². The average Bonchev–Trinajstić information content (AvgIpc) is 2.59. The number of nitrogens with one attached hydrogen (secondary N) is 1. The predicted octanol–water partition coefficient (Wildman–Crippen LogP) is 3.93. The zero-order valence-corrected chi connectivity index (χ0v) is 12.9. The fourth-order valence-electron chi connectivity index (χ4n) is 2.35. The molecule has 3 rings (SSSR count). The molecule has 0 saturated carbocycles. The lowest BCUT2D eigenvalue weighted by Gasteiger charge is -2.04. The first-order valence-electron chi connectivity index (χ1n) is 7.69. The van der Waals surface area contributed by atoms with Gasteiger partial charge in [0.25, 0.3) is 0 Å². The Morgan fingerprint density at radius 3 is 2.30 bits per heavy atom. The third kappa shape index (κ3) is 3.34. The molecule has 5 nitrogen and oxygen atoms in total. The van der Waals surface area contributed by atoms with Gasteiger partial charge < -0.3 is 9.73 Å². The number of rotatable bonds is 4. The number of carbonyl (C=O) groups excluding carboxylic acids is 1. The number of hydrogen-bond donors (Lipinski definition) is 1. The number of unbranched alkanes of at least 4 members (excludes halogenated alkanes) is 1. The number of benzene rings is 2. The Balaban J connectivity index is 2.03. The SMILES string of the molecule is CCCCNC(=O)ON=c1c2ccccc2oc2ccccc12. The molecule has 0 fully saturated rings. The molecule has 0 unspecified atom stereocenters. The monoisotopic (exact) mass is 310 g/mol. The topological polar surface area (TPSA) is 63.8 Å². The van der Waals surface area contributed by atoms with Crippen LogP contribution in [0.15, 0.2) is 58.1 Å². The summed E-state index contributed by atoms with van der Waals surface area (Å²) in [4.78, 5) is 16.7. The van der Waals surface area contributed by atoms with Gasteiger partial charge in [0, 0.05) is 17.3 Å². The van der Waals surface area contributed by atoms with E-state index in [1.807, 2.05) is 48.5 Å². The third-order valence-electron chi connectivity index (χ3n) is 3.52. The summed E-state index contributed by atoms with van der Waals surface area (Å²) in [5, 5.41) is 8.93. The molecule has 0 radical (unpaired) electrons. The lowest BCUT2D eigenvalue weighted by molar-refractivity contribution is 0.146. The summed E-state index contributed by atoms with van der Waals surface area (Å²) >= 11 is 0. The van der Waals surface area contributed by atoms with Crippen molar-refractivity contribution >= 4 is 28.0 Å². The van der Waals surface area contributed by atoms with Gasteiger partial charge in [0.05, 0.1) is 0 Å². The molecule has 5 heteroatoms. The van der Waals surface area contributed by atoms with E-state index in [1.54, 1.807) is 0 Å². The minimum atomic E-state index is -0.549. The fourth-order valence-corrected chi connectivity index (χ4v) is 2.35. The van der Waals surface area contributed by atoms with Crippen LogP contribution < -0.4 is 10.7 Å². The number of fused-ring (bicyclic) bond motifs is 2. The van der Waals surface area contributed by atoms with E-state index in [0.717, 1.165) is 23.6 Å². The second-order valence-corrected chi connectivity index (χ2v) is 5.19. The predicted molar refractivity (Wildman–Crippen MR) is 88.7 cm³/mol. The first kappa shape index (κ1) is 15.1. The molecule has 0 saturated heterocycles. The molecule has 0 aliphatic heterocycles. The Bertz CT molecular complexity index is 842. The summed E-state index contributed by atoms with van der Waals surface area (Å²) in [6.07, 6.45) is 1.37. The average molecular weight is 310 g/mol. The van der Waals surface area contributed by atoms with E-state index in [9.17, 15) is 4.79 Å². The Hall–Kier alpha value is -2.82. The van der Waals surface area contributed by atoms with Crippen LogP contribution in [-0.4, -0.2) is 12.6 Å². The largest absolute Gasteiger partial charge is 0.456 e. The summed E-state index contributed by atoms with van der Waals surface area (Å²) < 4.78 is 5.86. The molecule has 23 heavy (non-hydrogen) atoms. The minimum Gasteiger partial charge on any atom is -0.456 e. The van der Waals surface area contributed by atoms with E-state index in [-0.39, 0.29) is 0 Å². The van der Waals surface area contributed by atoms with Crippen molar-refractivity contribution in [1.29, 1.82) is 0 Å². The number of nitrogens with zero attached hydrogens (tertiary/aromatic N) is 1. The van der Waals surface area contributed by atoms with Crippen molar-refractivity contribution in [3.05, 3.63) is 53.9 Å². The summed E-state index contributed by atoms with van der Waals surface area (Å²) in [6.45, 7) is 2.64. The molecule has 0 atom stereocenters. The van der Waals surface area contributed by atoms with Crippen LogP contribution in [-0.2, 0) is 4.84 Å². The molecule has 1 N–H and O–H groups in total. The number of hydrogen-bond acceptors (Lipinski definition) is 4. The highest BCUT2D eigenvalue weighted by molar-refractivity contribution is 5.89. The molecule has 118 valence electrons. The molecule has 0 bridgehead atoms. The maximum Gasteiger partial charge on any atom is 0.433 e. The molecule has 0 spiro atoms. The quantitative estimate of drug-likeness (QED) is 0.344. The van der Waals surface area contributed by atoms with Crippen molar-refractivity contribution < 1.29 is 14.0 Å². The summed E-state index contributed by atoms with van der Waals surface area (Å²) in [7, 11) is 0. The van der Waals surface area contributed by atoms with Gasteiger partial charge in [-0.15, -0.1) is 0 Å². The molecule has 1 amide bonds. The number of carbonyl (C=O) groups is 1. The Labute approximate surface area is 133 Å². The maximum atomic E-state index is 11.7. The van der Waals surface area contributed by atoms with E-state index in [4.69, 9.17) is 9.25 Å². The fraction of sp³-hybridized carbons (Fsp3) is 0.222. The van der Waals surface area contributed by atoms with E-state index in [0.29, 0.717) is 23.1 Å². The van der Waals surface area contributed by atoms with Crippen LogP contribution in [0, 0.1) is 0 Å². The zero-order chi connectivity index (χ0) is 16.1. The Morgan fingerprint density at radius 2 is 1.70 bits per heavy atom. The van der Waals surface area contributed by atoms with E-state index in [1.165, 1.54) is 0 Å². The normalized spacial score (nSPS) is 10.7. The van der Waals surface area contributed by atoms with Crippen molar-refractivity contribution in [3.63, 3.8) is 0 Å². The lowest BCUT2D eigenvalue weighted by Crippen LogP contribution is -2.24. The van der Waals surface area contributed by atoms with E-state index < -0.39 is 6.09 Å². The highest BCUT2D eigenvalue weighted by Crippen LogP contribution is 2.17. The van der Waals surface area contributed by atoms with Crippen LogP contribution >= 0.6 is 0 Å². The summed E-state index contributed by atoms with van der Waals surface area (Å²) in [6, 6.07) is 15.1. The second-order valence-electron chi connectivity index (χ2n) is 5.19. The van der Waals surface area contributed by atoms with Crippen molar-refractivity contribution in [3.8, 4) is 0 Å². The van der Waals surface area contributed by atoms with Gasteiger partial charge in [-0.2, -0.15) is 0 Å². The van der Waals surface area contributed by atoms with Crippen LogP contribution in [0.5, 0.6) is 0 Å². The van der Waals surface area contributed by atoms with E-state index >= 15 is 0 Å². The smallest absolute Gasteiger partial charge is 0.433 e. The molecule has 3 aromatic rings. The van der Waals surface area contributed by atoms with Crippen LogP contribution in [0.2, 0.25) is 0 Å². The standard InChI is InChI=1S/C18H18N2O3/c1-2-3-12-19-18(21)23-20-17-13-8-4-6-10-15(13)22-16-11-7-5-9-14(16)17/h4-11H,2-3,12H2,1H3,(H,19,21). The van der Waals surface area contributed by atoms with Gasteiger partial charge in [-0.1, -0.05) is 42.8 Å². The highest BCUT2D eigenvalue weighted by atomic mass is 16.7. The van der Waals surface area contributed by atoms with Gasteiger partial charge >= 0.3 is 6.09 Å². The lowest BCUT2D eigenvalue weighted by atomic mass is 10.1. The van der Waals surface area contributed by atoms with Crippen molar-refractivity contribution in [2.24, 2.45) is 5.16 Å². The van der Waals surface area contributed by atoms with Crippen molar-refractivity contribution in [2.75, 3.05) is 6.54 Å². The van der Waals surface area contributed by atoms with Gasteiger partial charge in [-0.05, 0) is 30.7 Å². The van der Waals surface area contributed by atoms with Gasteiger partial charge in [0.1, 0.15) is 16.5 Å². The van der Waals surface area contributed by atoms with Crippen molar-refractivity contribution in [1.82, 2.24) is 5.32 Å².